The van der Waals surface area contributed by atoms with E-state index in [1.165, 1.54) is 7.05 Å². The minimum atomic E-state index is -0.315. The Kier molecular flexibility index (Phi) is 7.05. The number of nitrogen functional groups attached to an aromatic ring is 1. The summed E-state index contributed by atoms with van der Waals surface area (Å²) in [6, 6.07) is 11.6. The maximum absolute atomic E-state index is 12.2. The lowest BCUT2D eigenvalue weighted by Crippen LogP contribution is -2.37. The van der Waals surface area contributed by atoms with E-state index in [1.807, 2.05) is 13.8 Å². The van der Waals surface area contributed by atoms with Crippen LogP contribution in [-0.4, -0.2) is 25.0 Å². The minimum absolute atomic E-state index is 0.108. The summed E-state index contributed by atoms with van der Waals surface area (Å²) in [4.78, 5) is 24.4. The van der Waals surface area contributed by atoms with Crippen LogP contribution in [0.25, 0.3) is 0 Å². The van der Waals surface area contributed by atoms with Gasteiger partial charge in [-0.1, -0.05) is 13.8 Å². The van der Waals surface area contributed by atoms with Crippen LogP contribution in [0.15, 0.2) is 42.5 Å². The summed E-state index contributed by atoms with van der Waals surface area (Å²) in [6.45, 7) is 4.03. The predicted octanol–water partition coefficient (Wildman–Crippen LogP) is 3.73. The smallest absolute Gasteiger partial charge is 0.319 e. The van der Waals surface area contributed by atoms with Gasteiger partial charge in [-0.3, -0.25) is 4.79 Å². The van der Waals surface area contributed by atoms with Crippen molar-refractivity contribution >= 4 is 23.3 Å². The maximum Gasteiger partial charge on any atom is 0.319 e. The SMILES string of the molecule is CCC(CC)NC(=O)Nc1ccc(Oc2ccc(N)cc2)c(C(=O)NC)c1. The highest BCUT2D eigenvalue weighted by Gasteiger charge is 2.15. The molecule has 5 N–H and O–H groups in total. The van der Waals surface area contributed by atoms with Crippen LogP contribution < -0.4 is 26.4 Å². The van der Waals surface area contributed by atoms with Gasteiger partial charge in [0, 0.05) is 24.5 Å². The van der Waals surface area contributed by atoms with Crippen LogP contribution in [0.4, 0.5) is 16.2 Å². The Morgan fingerprint density at radius 2 is 1.74 bits per heavy atom. The lowest BCUT2D eigenvalue weighted by molar-refractivity contribution is 0.0961. The van der Waals surface area contributed by atoms with Crippen molar-refractivity contribution in [3.8, 4) is 11.5 Å². The highest BCUT2D eigenvalue weighted by Crippen LogP contribution is 2.28. The second-order valence-corrected chi connectivity index (χ2v) is 6.07. The van der Waals surface area contributed by atoms with Crippen molar-refractivity contribution in [2.75, 3.05) is 18.1 Å². The highest BCUT2D eigenvalue weighted by atomic mass is 16.5. The summed E-state index contributed by atoms with van der Waals surface area (Å²) in [7, 11) is 1.54. The molecule has 144 valence electrons. The van der Waals surface area contributed by atoms with Gasteiger partial charge in [-0.2, -0.15) is 0 Å². The third kappa shape index (κ3) is 5.64. The number of ether oxygens (including phenoxy) is 1. The zero-order chi connectivity index (χ0) is 19.8. The number of rotatable bonds is 7. The van der Waals surface area contributed by atoms with Crippen molar-refractivity contribution < 1.29 is 14.3 Å². The molecule has 0 atom stereocenters. The number of urea groups is 1. The number of nitrogens with one attached hydrogen (secondary N) is 3. The molecule has 0 heterocycles. The summed E-state index contributed by atoms with van der Waals surface area (Å²) in [5.74, 6) is 0.621. The molecule has 27 heavy (non-hydrogen) atoms. The first-order valence-corrected chi connectivity index (χ1v) is 8.93. The Bertz CT molecular complexity index is 786. The monoisotopic (exact) mass is 370 g/mol. The maximum atomic E-state index is 12.2. The second kappa shape index (κ2) is 9.47. The molecule has 2 aromatic carbocycles. The van der Waals surface area contributed by atoms with E-state index >= 15 is 0 Å². The zero-order valence-electron chi connectivity index (χ0n) is 15.8. The Hall–Kier alpha value is -3.22. The molecule has 3 amide bonds. The van der Waals surface area contributed by atoms with Gasteiger partial charge >= 0.3 is 6.03 Å². The van der Waals surface area contributed by atoms with Gasteiger partial charge in [-0.15, -0.1) is 0 Å². The van der Waals surface area contributed by atoms with Crippen molar-refractivity contribution in [2.45, 2.75) is 32.7 Å². The molecular formula is C20H26N4O3. The van der Waals surface area contributed by atoms with Gasteiger partial charge in [0.1, 0.15) is 11.5 Å². The minimum Gasteiger partial charge on any atom is -0.457 e. The molecule has 0 saturated carbocycles. The molecule has 7 heteroatoms. The molecule has 0 bridgehead atoms. The van der Waals surface area contributed by atoms with E-state index in [-0.39, 0.29) is 18.0 Å². The molecule has 0 aliphatic rings. The van der Waals surface area contributed by atoms with Gasteiger partial charge < -0.3 is 26.4 Å². The number of nitrogens with two attached hydrogens (primary N) is 1. The largest absolute Gasteiger partial charge is 0.457 e. The lowest BCUT2D eigenvalue weighted by atomic mass is 10.1. The Balaban J connectivity index is 2.20. The molecule has 0 fully saturated rings. The lowest BCUT2D eigenvalue weighted by Gasteiger charge is -2.16. The fourth-order valence-corrected chi connectivity index (χ4v) is 2.52. The molecule has 2 aromatic rings. The van der Waals surface area contributed by atoms with E-state index in [2.05, 4.69) is 16.0 Å². The number of benzene rings is 2. The number of amides is 3. The number of carbonyl (C=O) groups is 2. The van der Waals surface area contributed by atoms with Gasteiger partial charge in [0.15, 0.2) is 0 Å². The van der Waals surface area contributed by atoms with E-state index < -0.39 is 0 Å². The standard InChI is InChI=1S/C20H26N4O3/c1-4-14(5-2)23-20(26)24-15-8-11-18(17(12-15)19(25)22-3)27-16-9-6-13(21)7-10-16/h6-12,14H,4-5,21H2,1-3H3,(H,22,25)(H2,23,24,26). The van der Waals surface area contributed by atoms with Crippen LogP contribution in [0.2, 0.25) is 0 Å². The Morgan fingerprint density at radius 3 is 2.33 bits per heavy atom. The quantitative estimate of drug-likeness (QED) is 0.557. The summed E-state index contributed by atoms with van der Waals surface area (Å²) in [5, 5.41) is 8.23. The molecule has 0 saturated heterocycles. The summed E-state index contributed by atoms with van der Waals surface area (Å²) < 4.78 is 5.80. The van der Waals surface area contributed by atoms with Crippen molar-refractivity contribution in [3.63, 3.8) is 0 Å². The average molecular weight is 370 g/mol. The molecule has 7 nitrogen and oxygen atoms in total. The topological polar surface area (TPSA) is 105 Å². The number of hydrogen-bond acceptors (Lipinski definition) is 4. The van der Waals surface area contributed by atoms with Gasteiger partial charge in [-0.25, -0.2) is 4.79 Å². The highest BCUT2D eigenvalue weighted by molar-refractivity contribution is 5.99. The van der Waals surface area contributed by atoms with Crippen LogP contribution in [-0.2, 0) is 0 Å². The van der Waals surface area contributed by atoms with Crippen molar-refractivity contribution in [1.29, 1.82) is 0 Å². The summed E-state index contributed by atoms with van der Waals surface area (Å²) in [6.07, 6.45) is 1.70. The van der Waals surface area contributed by atoms with Crippen molar-refractivity contribution in [2.24, 2.45) is 0 Å². The number of carbonyl (C=O) groups excluding carboxylic acids is 2. The van der Waals surface area contributed by atoms with Crippen LogP contribution in [0, 0.1) is 0 Å². The van der Waals surface area contributed by atoms with Crippen LogP contribution in [0.5, 0.6) is 11.5 Å². The van der Waals surface area contributed by atoms with Crippen LogP contribution >= 0.6 is 0 Å². The van der Waals surface area contributed by atoms with Crippen molar-refractivity contribution in [1.82, 2.24) is 10.6 Å². The fourth-order valence-electron chi connectivity index (χ4n) is 2.52. The molecule has 0 spiro atoms. The van der Waals surface area contributed by atoms with E-state index in [0.717, 1.165) is 12.8 Å². The Morgan fingerprint density at radius 1 is 1.07 bits per heavy atom. The summed E-state index contributed by atoms with van der Waals surface area (Å²) in [5.41, 5.74) is 7.11. The normalized spacial score (nSPS) is 10.4. The molecule has 0 unspecified atom stereocenters. The number of hydrogen-bond donors (Lipinski definition) is 4. The van der Waals surface area contributed by atoms with E-state index in [0.29, 0.717) is 28.4 Å². The second-order valence-electron chi connectivity index (χ2n) is 6.07. The molecular weight excluding hydrogens is 344 g/mol. The van der Waals surface area contributed by atoms with Gasteiger partial charge in [0.05, 0.1) is 5.56 Å². The van der Waals surface area contributed by atoms with Crippen LogP contribution in [0.3, 0.4) is 0 Å². The summed E-state index contributed by atoms with van der Waals surface area (Å²) >= 11 is 0. The Labute approximate surface area is 159 Å². The van der Waals surface area contributed by atoms with E-state index in [9.17, 15) is 9.59 Å². The first-order chi connectivity index (χ1) is 13.0. The zero-order valence-corrected chi connectivity index (χ0v) is 15.8. The third-order valence-corrected chi connectivity index (χ3v) is 4.14. The van der Waals surface area contributed by atoms with E-state index in [4.69, 9.17) is 10.5 Å². The average Bonchev–Trinajstić information content (AvgIpc) is 2.68. The van der Waals surface area contributed by atoms with E-state index in [1.54, 1.807) is 42.5 Å². The first kappa shape index (κ1) is 20.1. The fraction of sp³-hybridized carbons (Fsp3) is 0.300. The molecule has 0 aliphatic carbocycles. The predicted molar refractivity (Wildman–Crippen MR) is 107 cm³/mol. The number of anilines is 2. The molecule has 0 radical (unpaired) electrons. The van der Waals surface area contributed by atoms with Crippen molar-refractivity contribution in [3.05, 3.63) is 48.0 Å². The van der Waals surface area contributed by atoms with Gasteiger partial charge in [0.2, 0.25) is 0 Å². The molecule has 0 aliphatic heterocycles. The molecule has 2 rings (SSSR count). The molecule has 0 aromatic heterocycles. The van der Waals surface area contributed by atoms with Gasteiger partial charge in [-0.05, 0) is 55.3 Å². The first-order valence-electron chi connectivity index (χ1n) is 8.93. The van der Waals surface area contributed by atoms with Gasteiger partial charge in [0.25, 0.3) is 5.91 Å². The van der Waals surface area contributed by atoms with Crippen LogP contribution in [0.1, 0.15) is 37.0 Å². The third-order valence-electron chi connectivity index (χ3n) is 4.14.